The second-order valence-electron chi connectivity index (χ2n) is 5.90. The number of fused-ring (bicyclic) bond motifs is 1. The molecule has 0 spiro atoms. The normalized spacial score (nSPS) is 17.0. The maximum absolute atomic E-state index is 13.7. The molecule has 1 aliphatic heterocycles. The Morgan fingerprint density at radius 3 is 2.75 bits per heavy atom. The lowest BCUT2D eigenvalue weighted by Gasteiger charge is -2.18. The second-order valence-corrected chi connectivity index (χ2v) is 5.90. The molecule has 2 aromatic rings. The van der Waals surface area contributed by atoms with Crippen LogP contribution < -0.4 is 10.1 Å². The topological polar surface area (TPSA) is 58.6 Å². The van der Waals surface area contributed by atoms with Crippen molar-refractivity contribution in [3.8, 4) is 5.75 Å². The van der Waals surface area contributed by atoms with Crippen molar-refractivity contribution >= 4 is 5.91 Å². The van der Waals surface area contributed by atoms with Gasteiger partial charge in [0, 0.05) is 31.1 Å². The monoisotopic (exact) mass is 329 g/mol. The number of para-hydroxylation sites is 1. The molecule has 126 valence electrons. The number of aliphatic hydroxyl groups excluding tert-OH is 1. The van der Waals surface area contributed by atoms with E-state index in [0.717, 1.165) is 5.56 Å². The number of carbonyl (C=O) groups is 1. The molecule has 2 unspecified atom stereocenters. The zero-order valence-electron chi connectivity index (χ0n) is 13.2. The van der Waals surface area contributed by atoms with Gasteiger partial charge in [0.1, 0.15) is 0 Å². The lowest BCUT2D eigenvalue weighted by Crippen LogP contribution is -2.39. The Hall–Kier alpha value is -2.40. The first-order valence-corrected chi connectivity index (χ1v) is 8.06. The smallest absolute Gasteiger partial charge is 0.261 e. The van der Waals surface area contributed by atoms with Crippen molar-refractivity contribution in [3.05, 3.63) is 65.5 Å². The average molecular weight is 329 g/mol. The van der Waals surface area contributed by atoms with Crippen LogP contribution in [-0.2, 0) is 11.2 Å². The van der Waals surface area contributed by atoms with Gasteiger partial charge in [-0.3, -0.25) is 4.79 Å². The summed E-state index contributed by atoms with van der Waals surface area (Å²) in [7, 11) is 0. The predicted octanol–water partition coefficient (Wildman–Crippen LogP) is 2.41. The van der Waals surface area contributed by atoms with Crippen LogP contribution in [0.3, 0.4) is 0 Å². The van der Waals surface area contributed by atoms with E-state index in [9.17, 15) is 14.3 Å². The van der Waals surface area contributed by atoms with Crippen molar-refractivity contribution in [1.82, 2.24) is 5.32 Å². The SMILES string of the molecule is O=C(NCC(CCO)c1ccccc1)C1Cc2cccc(F)c2O1. The Balaban J connectivity index is 1.60. The van der Waals surface area contributed by atoms with Crippen molar-refractivity contribution < 1.29 is 19.0 Å². The number of hydrogen-bond donors (Lipinski definition) is 2. The summed E-state index contributed by atoms with van der Waals surface area (Å²) in [4.78, 5) is 12.3. The molecule has 5 heteroatoms. The fraction of sp³-hybridized carbons (Fsp3) is 0.316. The molecule has 2 N–H and O–H groups in total. The van der Waals surface area contributed by atoms with E-state index >= 15 is 0 Å². The van der Waals surface area contributed by atoms with Crippen LogP contribution in [0.1, 0.15) is 23.5 Å². The van der Waals surface area contributed by atoms with Crippen molar-refractivity contribution in [1.29, 1.82) is 0 Å². The third-order valence-corrected chi connectivity index (χ3v) is 4.28. The minimum atomic E-state index is -0.706. The largest absolute Gasteiger partial charge is 0.477 e. The van der Waals surface area contributed by atoms with Gasteiger partial charge in [-0.15, -0.1) is 0 Å². The van der Waals surface area contributed by atoms with Crippen molar-refractivity contribution in [2.75, 3.05) is 13.2 Å². The molecule has 3 rings (SSSR count). The van der Waals surface area contributed by atoms with Gasteiger partial charge < -0.3 is 15.2 Å². The highest BCUT2D eigenvalue weighted by molar-refractivity contribution is 5.82. The molecule has 1 amide bonds. The summed E-state index contributed by atoms with van der Waals surface area (Å²) < 4.78 is 19.1. The van der Waals surface area contributed by atoms with Crippen LogP contribution in [0, 0.1) is 5.82 Å². The van der Waals surface area contributed by atoms with Crippen molar-refractivity contribution in [2.24, 2.45) is 0 Å². The molecule has 1 heterocycles. The highest BCUT2D eigenvalue weighted by atomic mass is 19.1. The Bertz CT molecular complexity index is 705. The molecule has 0 saturated carbocycles. The number of rotatable bonds is 6. The number of carbonyl (C=O) groups excluding carboxylic acids is 1. The summed E-state index contributed by atoms with van der Waals surface area (Å²) in [6.45, 7) is 0.452. The Kier molecular flexibility index (Phi) is 5.11. The summed E-state index contributed by atoms with van der Waals surface area (Å²) in [5.74, 6) is -0.497. The molecule has 4 nitrogen and oxygen atoms in total. The van der Waals surface area contributed by atoms with Crippen molar-refractivity contribution in [3.63, 3.8) is 0 Å². The number of halogens is 1. The summed E-state index contributed by atoms with van der Waals surface area (Å²) in [5, 5.41) is 12.1. The number of hydrogen-bond acceptors (Lipinski definition) is 3. The summed E-state index contributed by atoms with van der Waals surface area (Å²) in [6, 6.07) is 14.5. The number of benzene rings is 2. The van der Waals surface area contributed by atoms with E-state index in [1.54, 1.807) is 12.1 Å². The maximum Gasteiger partial charge on any atom is 0.261 e. The van der Waals surface area contributed by atoms with E-state index in [1.165, 1.54) is 6.07 Å². The highest BCUT2D eigenvalue weighted by Gasteiger charge is 2.31. The quantitative estimate of drug-likeness (QED) is 0.856. The first-order valence-electron chi connectivity index (χ1n) is 8.06. The third kappa shape index (κ3) is 3.57. The number of nitrogens with one attached hydrogen (secondary N) is 1. The van der Waals surface area contributed by atoms with Gasteiger partial charge in [0.05, 0.1) is 0 Å². The van der Waals surface area contributed by atoms with E-state index in [2.05, 4.69) is 5.32 Å². The van der Waals surface area contributed by atoms with Crippen LogP contribution in [0.4, 0.5) is 4.39 Å². The first kappa shape index (κ1) is 16.5. The van der Waals surface area contributed by atoms with E-state index in [-0.39, 0.29) is 24.2 Å². The van der Waals surface area contributed by atoms with E-state index < -0.39 is 11.9 Å². The molecule has 1 aliphatic rings. The van der Waals surface area contributed by atoms with Crippen LogP contribution in [0.15, 0.2) is 48.5 Å². The molecule has 0 fully saturated rings. The molecule has 0 radical (unpaired) electrons. The van der Waals surface area contributed by atoms with Gasteiger partial charge in [-0.05, 0) is 18.1 Å². The molecule has 0 saturated heterocycles. The fourth-order valence-electron chi connectivity index (χ4n) is 2.98. The standard InChI is InChI=1S/C19H20FNO3/c20-16-8-4-7-14-11-17(24-18(14)16)19(23)21-12-15(9-10-22)13-5-2-1-3-6-13/h1-8,15,17,22H,9-12H2,(H,21,23). The summed E-state index contributed by atoms with van der Waals surface area (Å²) in [5.41, 5.74) is 1.78. The van der Waals surface area contributed by atoms with Gasteiger partial charge >= 0.3 is 0 Å². The first-order chi connectivity index (χ1) is 11.7. The van der Waals surface area contributed by atoms with Crippen LogP contribution in [0.5, 0.6) is 5.75 Å². The van der Waals surface area contributed by atoms with Gasteiger partial charge in [-0.25, -0.2) is 4.39 Å². The van der Waals surface area contributed by atoms with E-state index in [0.29, 0.717) is 24.9 Å². The van der Waals surface area contributed by atoms with Gasteiger partial charge in [0.2, 0.25) is 0 Å². The van der Waals surface area contributed by atoms with Gasteiger partial charge in [0.15, 0.2) is 17.7 Å². The zero-order valence-corrected chi connectivity index (χ0v) is 13.2. The molecule has 24 heavy (non-hydrogen) atoms. The highest BCUT2D eigenvalue weighted by Crippen LogP contribution is 2.31. The van der Waals surface area contributed by atoms with E-state index in [1.807, 2.05) is 30.3 Å². The average Bonchev–Trinajstić information content (AvgIpc) is 3.05. The number of ether oxygens (including phenoxy) is 1. The van der Waals surface area contributed by atoms with Gasteiger partial charge in [-0.1, -0.05) is 42.5 Å². The lowest BCUT2D eigenvalue weighted by molar-refractivity contribution is -0.127. The van der Waals surface area contributed by atoms with Crippen molar-refractivity contribution in [2.45, 2.75) is 24.9 Å². The zero-order chi connectivity index (χ0) is 16.9. The Morgan fingerprint density at radius 2 is 2.04 bits per heavy atom. The maximum atomic E-state index is 13.7. The molecule has 0 bridgehead atoms. The van der Waals surface area contributed by atoms with Crippen LogP contribution in [0.25, 0.3) is 0 Å². The third-order valence-electron chi connectivity index (χ3n) is 4.28. The number of aliphatic hydroxyl groups is 1. The van der Waals surface area contributed by atoms with E-state index in [4.69, 9.17) is 4.74 Å². The Labute approximate surface area is 140 Å². The molecular formula is C19H20FNO3. The minimum absolute atomic E-state index is 0.0284. The van der Waals surface area contributed by atoms with Crippen LogP contribution in [-0.4, -0.2) is 30.3 Å². The molecular weight excluding hydrogens is 309 g/mol. The summed E-state index contributed by atoms with van der Waals surface area (Å²) in [6.07, 6.45) is 0.224. The second kappa shape index (κ2) is 7.45. The molecule has 0 aromatic heterocycles. The van der Waals surface area contributed by atoms with Gasteiger partial charge in [-0.2, -0.15) is 0 Å². The van der Waals surface area contributed by atoms with Crippen LogP contribution in [0.2, 0.25) is 0 Å². The predicted molar refractivity (Wildman–Crippen MR) is 88.4 cm³/mol. The minimum Gasteiger partial charge on any atom is -0.477 e. The summed E-state index contributed by atoms with van der Waals surface area (Å²) >= 11 is 0. The Morgan fingerprint density at radius 1 is 1.25 bits per heavy atom. The fourth-order valence-corrected chi connectivity index (χ4v) is 2.98. The lowest BCUT2D eigenvalue weighted by atomic mass is 9.96. The number of amides is 1. The molecule has 2 aromatic carbocycles. The van der Waals surface area contributed by atoms with Gasteiger partial charge in [0.25, 0.3) is 5.91 Å². The molecule has 0 aliphatic carbocycles. The van der Waals surface area contributed by atoms with Crippen LogP contribution >= 0.6 is 0 Å². The molecule has 2 atom stereocenters.